The van der Waals surface area contributed by atoms with Gasteiger partial charge in [0.1, 0.15) is 11.1 Å². The first-order valence-electron chi connectivity index (χ1n) is 9.07. The maximum Gasteiger partial charge on any atom is 0.186 e. The van der Waals surface area contributed by atoms with Crippen molar-refractivity contribution in [3.05, 3.63) is 58.6 Å². The Labute approximate surface area is 168 Å². The van der Waals surface area contributed by atoms with Crippen molar-refractivity contribution < 1.29 is 27.0 Å². The van der Waals surface area contributed by atoms with E-state index in [0.29, 0.717) is 30.7 Å². The number of aliphatic hydroxyl groups is 1. The molecule has 0 aromatic heterocycles. The van der Waals surface area contributed by atoms with Gasteiger partial charge in [-0.15, -0.1) is 0 Å². The third kappa shape index (κ3) is 4.16. The summed E-state index contributed by atoms with van der Waals surface area (Å²) >= 11 is 5.86. The normalized spacial score (nSPS) is 19.1. The van der Waals surface area contributed by atoms with Crippen molar-refractivity contribution >= 4 is 21.4 Å². The van der Waals surface area contributed by atoms with Crippen LogP contribution >= 0.6 is 11.6 Å². The topological polar surface area (TPSA) is 63.6 Å². The smallest absolute Gasteiger partial charge is 0.186 e. The average molecular weight is 431 g/mol. The minimum atomic E-state index is -4.02. The Balaban J connectivity index is 2.06. The van der Waals surface area contributed by atoms with Crippen LogP contribution in [0.3, 0.4) is 0 Å². The number of rotatable bonds is 7. The van der Waals surface area contributed by atoms with E-state index in [4.69, 9.17) is 21.4 Å². The lowest BCUT2D eigenvalue weighted by Gasteiger charge is -2.33. The van der Waals surface area contributed by atoms with Gasteiger partial charge in [-0.3, -0.25) is 0 Å². The lowest BCUT2D eigenvalue weighted by Crippen LogP contribution is -2.33. The van der Waals surface area contributed by atoms with E-state index in [1.807, 2.05) is 0 Å². The van der Waals surface area contributed by atoms with E-state index in [-0.39, 0.29) is 29.4 Å². The molecule has 0 amide bonds. The summed E-state index contributed by atoms with van der Waals surface area (Å²) in [5, 5.41) is 8.05. The number of aliphatic hydroxyl groups excluding tert-OH is 1. The SMILES string of the molecule is O=S(=O)(c1ccc(Cl)cc1)[C@H]1c2c(F)ccc(F)c2OC[C@@H]1CCCCCO. The number of halogens is 3. The summed E-state index contributed by atoms with van der Waals surface area (Å²) in [5.41, 5.74) is -0.256. The Morgan fingerprint density at radius 2 is 1.71 bits per heavy atom. The van der Waals surface area contributed by atoms with Gasteiger partial charge in [0.05, 0.1) is 17.1 Å². The van der Waals surface area contributed by atoms with Gasteiger partial charge in [-0.25, -0.2) is 17.2 Å². The van der Waals surface area contributed by atoms with E-state index in [2.05, 4.69) is 0 Å². The molecule has 0 spiro atoms. The quantitative estimate of drug-likeness (QED) is 0.647. The van der Waals surface area contributed by atoms with Crippen molar-refractivity contribution in [3.63, 3.8) is 0 Å². The molecule has 0 saturated carbocycles. The molecule has 0 aliphatic carbocycles. The lowest BCUT2D eigenvalue weighted by molar-refractivity contribution is 0.191. The third-order valence-electron chi connectivity index (χ3n) is 4.96. The van der Waals surface area contributed by atoms with Crippen molar-refractivity contribution in [3.8, 4) is 5.75 Å². The van der Waals surface area contributed by atoms with Gasteiger partial charge in [0.25, 0.3) is 0 Å². The summed E-state index contributed by atoms with van der Waals surface area (Å²) in [4.78, 5) is -0.00114. The molecule has 1 N–H and O–H groups in total. The van der Waals surface area contributed by atoms with Crippen molar-refractivity contribution in [2.75, 3.05) is 13.2 Å². The molecule has 4 nitrogen and oxygen atoms in total. The second-order valence-corrected chi connectivity index (χ2v) is 9.34. The predicted molar refractivity (Wildman–Crippen MR) is 102 cm³/mol. The maximum absolute atomic E-state index is 14.7. The molecule has 1 heterocycles. The lowest BCUT2D eigenvalue weighted by atomic mass is 9.91. The number of unbranched alkanes of at least 4 members (excludes halogenated alkanes) is 2. The van der Waals surface area contributed by atoms with Crippen LogP contribution in [0.15, 0.2) is 41.3 Å². The summed E-state index contributed by atoms with van der Waals surface area (Å²) in [6.07, 6.45) is 2.40. The summed E-state index contributed by atoms with van der Waals surface area (Å²) in [5.74, 6) is -2.47. The summed E-state index contributed by atoms with van der Waals surface area (Å²) < 4.78 is 61.1. The van der Waals surface area contributed by atoms with E-state index in [9.17, 15) is 17.2 Å². The minimum Gasteiger partial charge on any atom is -0.490 e. The Morgan fingerprint density at radius 1 is 1.04 bits per heavy atom. The number of fused-ring (bicyclic) bond motifs is 1. The summed E-state index contributed by atoms with van der Waals surface area (Å²) in [6, 6.07) is 7.50. The number of hydrogen-bond acceptors (Lipinski definition) is 4. The van der Waals surface area contributed by atoms with Crippen LogP contribution in [0.25, 0.3) is 0 Å². The van der Waals surface area contributed by atoms with Gasteiger partial charge >= 0.3 is 0 Å². The van der Waals surface area contributed by atoms with Crippen LogP contribution in [-0.2, 0) is 9.84 Å². The monoisotopic (exact) mass is 430 g/mol. The van der Waals surface area contributed by atoms with E-state index in [1.54, 1.807) is 0 Å². The molecular weight excluding hydrogens is 410 g/mol. The molecule has 0 radical (unpaired) electrons. The van der Waals surface area contributed by atoms with E-state index < -0.39 is 32.6 Å². The molecule has 2 aromatic rings. The average Bonchev–Trinajstić information content (AvgIpc) is 2.68. The minimum absolute atomic E-state index is 0.00114. The number of benzene rings is 2. The van der Waals surface area contributed by atoms with Gasteiger partial charge in [0.2, 0.25) is 0 Å². The van der Waals surface area contributed by atoms with Gasteiger partial charge < -0.3 is 9.84 Å². The zero-order valence-corrected chi connectivity index (χ0v) is 16.6. The van der Waals surface area contributed by atoms with Gasteiger partial charge in [-0.05, 0) is 49.2 Å². The molecule has 28 heavy (non-hydrogen) atoms. The van der Waals surface area contributed by atoms with Gasteiger partial charge in [-0.1, -0.05) is 24.4 Å². The van der Waals surface area contributed by atoms with Crippen LogP contribution in [0.1, 0.15) is 36.5 Å². The number of ether oxygens (including phenoxy) is 1. The van der Waals surface area contributed by atoms with Gasteiger partial charge in [0, 0.05) is 17.5 Å². The maximum atomic E-state index is 14.7. The van der Waals surface area contributed by atoms with Crippen LogP contribution in [0.5, 0.6) is 5.75 Å². The molecule has 0 bridgehead atoms. The molecule has 0 fully saturated rings. The molecule has 2 atom stereocenters. The van der Waals surface area contributed by atoms with Crippen LogP contribution in [-0.4, -0.2) is 26.7 Å². The highest BCUT2D eigenvalue weighted by Gasteiger charge is 2.43. The zero-order chi connectivity index (χ0) is 20.3. The van der Waals surface area contributed by atoms with Crippen LogP contribution in [0.4, 0.5) is 8.78 Å². The molecule has 2 aromatic carbocycles. The summed E-state index contributed by atoms with van der Waals surface area (Å²) in [6.45, 7) is 0.0281. The number of sulfone groups is 1. The highest BCUT2D eigenvalue weighted by Crippen LogP contribution is 2.47. The van der Waals surface area contributed by atoms with Crippen LogP contribution in [0, 0.1) is 17.6 Å². The molecule has 0 saturated heterocycles. The Morgan fingerprint density at radius 3 is 2.39 bits per heavy atom. The second kappa shape index (κ2) is 8.76. The standard InChI is InChI=1S/C20H21ClF2O4S/c21-14-5-7-15(8-6-14)28(25,26)20-13(4-2-1-3-11-24)12-27-19-17(23)10-9-16(22)18(19)20/h5-10,13,20,24H,1-4,11-12H2/t13-,20+/m0/s1. The second-order valence-electron chi connectivity index (χ2n) is 6.84. The number of hydrogen-bond donors (Lipinski definition) is 1. The molecule has 0 unspecified atom stereocenters. The fourth-order valence-electron chi connectivity index (χ4n) is 3.58. The highest BCUT2D eigenvalue weighted by atomic mass is 35.5. The van der Waals surface area contributed by atoms with Crippen LogP contribution in [0.2, 0.25) is 5.02 Å². The van der Waals surface area contributed by atoms with E-state index in [0.717, 1.165) is 12.1 Å². The molecule has 8 heteroatoms. The van der Waals surface area contributed by atoms with Crippen molar-refractivity contribution in [2.45, 2.75) is 35.8 Å². The van der Waals surface area contributed by atoms with Crippen molar-refractivity contribution in [2.24, 2.45) is 5.92 Å². The Kier molecular flexibility index (Phi) is 6.58. The zero-order valence-electron chi connectivity index (χ0n) is 15.1. The van der Waals surface area contributed by atoms with E-state index >= 15 is 0 Å². The van der Waals surface area contributed by atoms with Crippen molar-refractivity contribution in [1.29, 1.82) is 0 Å². The highest BCUT2D eigenvalue weighted by molar-refractivity contribution is 7.91. The fourth-order valence-corrected chi connectivity index (χ4v) is 5.77. The third-order valence-corrected chi connectivity index (χ3v) is 7.43. The van der Waals surface area contributed by atoms with Gasteiger partial charge in [-0.2, -0.15) is 0 Å². The molecule has 1 aliphatic rings. The van der Waals surface area contributed by atoms with Crippen molar-refractivity contribution in [1.82, 2.24) is 0 Å². The summed E-state index contributed by atoms with van der Waals surface area (Å²) in [7, 11) is -4.02. The Bertz CT molecular complexity index is 932. The van der Waals surface area contributed by atoms with Crippen LogP contribution < -0.4 is 4.74 Å². The first-order chi connectivity index (χ1) is 13.4. The first kappa shape index (κ1) is 21.0. The molecular formula is C20H21ClF2O4S. The predicted octanol–water partition coefficient (Wildman–Crippen LogP) is 4.69. The fraction of sp³-hybridized carbons (Fsp3) is 0.400. The first-order valence-corrected chi connectivity index (χ1v) is 11.0. The largest absolute Gasteiger partial charge is 0.490 e. The Hall–Kier alpha value is -1.70. The van der Waals surface area contributed by atoms with Gasteiger partial charge in [0.15, 0.2) is 21.4 Å². The molecule has 152 valence electrons. The van der Waals surface area contributed by atoms with E-state index in [1.165, 1.54) is 24.3 Å². The molecule has 1 aliphatic heterocycles. The molecule has 3 rings (SSSR count).